The number of carbonyl (C=O) groups excluding carboxylic acids is 1. The molecule has 0 unspecified atom stereocenters. The molecule has 1 aliphatic rings. The Morgan fingerprint density at radius 1 is 1.14 bits per heavy atom. The summed E-state index contributed by atoms with van der Waals surface area (Å²) >= 11 is 0. The monoisotopic (exact) mass is 324 g/mol. The van der Waals surface area contributed by atoms with Crippen molar-refractivity contribution in [2.24, 2.45) is 0 Å². The average Bonchev–Trinajstić information content (AvgIpc) is 2.74. The van der Waals surface area contributed by atoms with Crippen LogP contribution >= 0.6 is 0 Å². The van der Waals surface area contributed by atoms with Gasteiger partial charge in [-0.05, 0) is 37.5 Å². The van der Waals surface area contributed by atoms with Crippen molar-refractivity contribution in [2.45, 2.75) is 32.6 Å². The second kappa shape index (κ2) is 6.69. The quantitative estimate of drug-likeness (QED) is 0.858. The minimum absolute atomic E-state index is 0.00921. The summed E-state index contributed by atoms with van der Waals surface area (Å²) < 4.78 is 24.7. The van der Waals surface area contributed by atoms with Crippen molar-refractivity contribution in [1.29, 1.82) is 0 Å². The fourth-order valence-corrected chi connectivity index (χ4v) is 3.27. The molecule has 0 saturated carbocycles. The normalized spacial score (nSPS) is 16.2. The molecule has 1 aromatic carbocycles. The standard InChI is InChI=1S/C16H24N2O3S/c1-13-8-9-14(12-15(13)17(2)22(3,20)21)16(19)18-10-6-4-5-7-11-18/h8-9,12H,4-7,10-11H2,1-3H3. The van der Waals surface area contributed by atoms with E-state index in [1.165, 1.54) is 24.2 Å². The molecule has 1 heterocycles. The van der Waals surface area contributed by atoms with Gasteiger partial charge in [-0.3, -0.25) is 9.10 Å². The Labute approximate surface area is 133 Å². The lowest BCUT2D eigenvalue weighted by Gasteiger charge is -2.23. The van der Waals surface area contributed by atoms with Crippen LogP contribution in [0.2, 0.25) is 0 Å². The maximum absolute atomic E-state index is 12.6. The first-order valence-corrected chi connectivity index (χ1v) is 9.49. The van der Waals surface area contributed by atoms with E-state index in [0.717, 1.165) is 37.8 Å². The van der Waals surface area contributed by atoms with E-state index in [1.54, 1.807) is 12.1 Å². The summed E-state index contributed by atoms with van der Waals surface area (Å²) in [6.45, 7) is 3.41. The summed E-state index contributed by atoms with van der Waals surface area (Å²) in [4.78, 5) is 14.5. The zero-order valence-electron chi connectivity index (χ0n) is 13.5. The fourth-order valence-electron chi connectivity index (χ4n) is 2.72. The second-order valence-corrected chi connectivity index (χ2v) is 7.95. The van der Waals surface area contributed by atoms with Crippen LogP contribution in [0.15, 0.2) is 18.2 Å². The Balaban J connectivity index is 2.30. The maximum Gasteiger partial charge on any atom is 0.253 e. The van der Waals surface area contributed by atoms with Crippen molar-refractivity contribution in [1.82, 2.24) is 4.90 Å². The van der Waals surface area contributed by atoms with Gasteiger partial charge in [0.1, 0.15) is 0 Å². The summed E-state index contributed by atoms with van der Waals surface area (Å²) in [7, 11) is -1.83. The summed E-state index contributed by atoms with van der Waals surface area (Å²) in [6.07, 6.45) is 5.57. The topological polar surface area (TPSA) is 57.7 Å². The van der Waals surface area contributed by atoms with Crippen LogP contribution in [0, 0.1) is 6.92 Å². The predicted octanol–water partition coefficient (Wildman–Crippen LogP) is 2.41. The van der Waals surface area contributed by atoms with Gasteiger partial charge in [-0.15, -0.1) is 0 Å². The molecule has 1 fully saturated rings. The van der Waals surface area contributed by atoms with Gasteiger partial charge in [0, 0.05) is 25.7 Å². The molecular formula is C16H24N2O3S. The third-order valence-corrected chi connectivity index (χ3v) is 5.38. The largest absolute Gasteiger partial charge is 0.339 e. The predicted molar refractivity (Wildman–Crippen MR) is 88.8 cm³/mol. The highest BCUT2D eigenvalue weighted by atomic mass is 32.2. The molecule has 1 saturated heterocycles. The first-order chi connectivity index (χ1) is 10.3. The molecule has 0 spiro atoms. The molecular weight excluding hydrogens is 300 g/mol. The van der Waals surface area contributed by atoms with E-state index in [-0.39, 0.29) is 5.91 Å². The zero-order chi connectivity index (χ0) is 16.3. The molecule has 22 heavy (non-hydrogen) atoms. The lowest BCUT2D eigenvalue weighted by molar-refractivity contribution is 0.0761. The summed E-state index contributed by atoms with van der Waals surface area (Å²) in [5, 5.41) is 0. The van der Waals surface area contributed by atoms with Crippen molar-refractivity contribution < 1.29 is 13.2 Å². The lowest BCUT2D eigenvalue weighted by atomic mass is 10.1. The molecule has 2 rings (SSSR count). The number of anilines is 1. The van der Waals surface area contributed by atoms with Crippen LogP contribution in [0.25, 0.3) is 0 Å². The van der Waals surface area contributed by atoms with Gasteiger partial charge in [-0.25, -0.2) is 8.42 Å². The van der Waals surface area contributed by atoms with E-state index >= 15 is 0 Å². The Morgan fingerprint density at radius 3 is 2.27 bits per heavy atom. The molecule has 6 heteroatoms. The van der Waals surface area contributed by atoms with Crippen molar-refractivity contribution in [3.63, 3.8) is 0 Å². The minimum atomic E-state index is -3.34. The molecule has 1 aliphatic heterocycles. The summed E-state index contributed by atoms with van der Waals surface area (Å²) in [5.41, 5.74) is 1.95. The Bertz CT molecular complexity index is 647. The van der Waals surface area contributed by atoms with Gasteiger partial charge in [0.05, 0.1) is 11.9 Å². The Morgan fingerprint density at radius 2 is 1.73 bits per heavy atom. The zero-order valence-corrected chi connectivity index (χ0v) is 14.3. The van der Waals surface area contributed by atoms with E-state index in [2.05, 4.69) is 0 Å². The molecule has 0 atom stereocenters. The van der Waals surface area contributed by atoms with Crippen LogP contribution in [-0.2, 0) is 10.0 Å². The van der Waals surface area contributed by atoms with Gasteiger partial charge < -0.3 is 4.90 Å². The van der Waals surface area contributed by atoms with Gasteiger partial charge in [0.2, 0.25) is 10.0 Å². The molecule has 0 radical (unpaired) electrons. The molecule has 0 aliphatic carbocycles. The van der Waals surface area contributed by atoms with E-state index in [1.807, 2.05) is 17.9 Å². The van der Waals surface area contributed by atoms with E-state index in [9.17, 15) is 13.2 Å². The number of aryl methyl sites for hydroxylation is 1. The van der Waals surface area contributed by atoms with Crippen LogP contribution in [0.4, 0.5) is 5.69 Å². The number of benzene rings is 1. The number of carbonyl (C=O) groups is 1. The fraction of sp³-hybridized carbons (Fsp3) is 0.562. The summed E-state index contributed by atoms with van der Waals surface area (Å²) in [5.74, 6) is -0.00921. The van der Waals surface area contributed by atoms with Gasteiger partial charge in [0.25, 0.3) is 5.91 Å². The number of likely N-dealkylation sites (tertiary alicyclic amines) is 1. The molecule has 0 bridgehead atoms. The van der Waals surface area contributed by atoms with Gasteiger partial charge in [0.15, 0.2) is 0 Å². The molecule has 1 aromatic rings. The molecule has 122 valence electrons. The van der Waals surface area contributed by atoms with E-state index in [0.29, 0.717) is 11.3 Å². The van der Waals surface area contributed by atoms with Crippen molar-refractivity contribution in [3.05, 3.63) is 29.3 Å². The second-order valence-electron chi connectivity index (χ2n) is 5.94. The highest BCUT2D eigenvalue weighted by Gasteiger charge is 2.20. The SMILES string of the molecule is Cc1ccc(C(=O)N2CCCCCC2)cc1N(C)S(C)(=O)=O. The molecule has 0 N–H and O–H groups in total. The first kappa shape index (κ1) is 16.8. The lowest BCUT2D eigenvalue weighted by Crippen LogP contribution is -2.32. The highest BCUT2D eigenvalue weighted by Crippen LogP contribution is 2.24. The number of amides is 1. The number of hydrogen-bond donors (Lipinski definition) is 0. The van der Waals surface area contributed by atoms with E-state index < -0.39 is 10.0 Å². The number of sulfonamides is 1. The van der Waals surface area contributed by atoms with Gasteiger partial charge in [-0.2, -0.15) is 0 Å². The third-order valence-electron chi connectivity index (χ3n) is 4.19. The van der Waals surface area contributed by atoms with Crippen molar-refractivity contribution >= 4 is 21.6 Å². The summed E-state index contributed by atoms with van der Waals surface area (Å²) in [6, 6.07) is 5.27. The van der Waals surface area contributed by atoms with Crippen LogP contribution in [-0.4, -0.2) is 45.6 Å². The maximum atomic E-state index is 12.6. The number of hydrogen-bond acceptors (Lipinski definition) is 3. The Kier molecular flexibility index (Phi) is 5.11. The van der Waals surface area contributed by atoms with Gasteiger partial charge in [-0.1, -0.05) is 18.9 Å². The van der Waals surface area contributed by atoms with Crippen molar-refractivity contribution in [3.8, 4) is 0 Å². The molecule has 0 aromatic heterocycles. The van der Waals surface area contributed by atoms with Gasteiger partial charge >= 0.3 is 0 Å². The van der Waals surface area contributed by atoms with Crippen LogP contribution in [0.3, 0.4) is 0 Å². The average molecular weight is 324 g/mol. The minimum Gasteiger partial charge on any atom is -0.339 e. The first-order valence-electron chi connectivity index (χ1n) is 7.64. The molecule has 5 nitrogen and oxygen atoms in total. The van der Waals surface area contributed by atoms with Crippen molar-refractivity contribution in [2.75, 3.05) is 30.7 Å². The Hall–Kier alpha value is -1.56. The number of rotatable bonds is 3. The molecule has 1 amide bonds. The smallest absolute Gasteiger partial charge is 0.253 e. The highest BCUT2D eigenvalue weighted by molar-refractivity contribution is 7.92. The number of nitrogens with zero attached hydrogens (tertiary/aromatic N) is 2. The van der Waals surface area contributed by atoms with E-state index in [4.69, 9.17) is 0 Å². The third kappa shape index (κ3) is 3.80. The van der Waals surface area contributed by atoms with Crippen LogP contribution in [0.1, 0.15) is 41.6 Å². The van der Waals surface area contributed by atoms with Crippen LogP contribution < -0.4 is 4.31 Å². The van der Waals surface area contributed by atoms with Crippen LogP contribution in [0.5, 0.6) is 0 Å².